The lowest BCUT2D eigenvalue weighted by molar-refractivity contribution is -0.121. The van der Waals surface area contributed by atoms with Crippen LogP contribution in [0.5, 0.6) is 5.75 Å². The number of rotatable bonds is 8. The molecule has 0 saturated carbocycles. The number of ether oxygens (including phenoxy) is 1. The van der Waals surface area contributed by atoms with Gasteiger partial charge < -0.3 is 14.6 Å². The second-order valence-corrected chi connectivity index (χ2v) is 5.95. The Labute approximate surface area is 143 Å². The molecule has 1 N–H and O–H groups in total. The molecule has 0 unspecified atom stereocenters. The minimum atomic E-state index is -0.0658. The highest BCUT2D eigenvalue weighted by molar-refractivity contribution is 7.13. The maximum absolute atomic E-state index is 11.8. The van der Waals surface area contributed by atoms with Crippen LogP contribution in [-0.4, -0.2) is 29.2 Å². The van der Waals surface area contributed by atoms with Gasteiger partial charge >= 0.3 is 0 Å². The van der Waals surface area contributed by atoms with Crippen LogP contribution in [0.2, 0.25) is 0 Å². The van der Waals surface area contributed by atoms with Gasteiger partial charge in [-0.1, -0.05) is 29.4 Å². The van der Waals surface area contributed by atoms with E-state index in [2.05, 4.69) is 15.5 Å². The average molecular weight is 343 g/mol. The molecule has 0 saturated heterocycles. The lowest BCUT2D eigenvalue weighted by atomic mass is 10.3. The first-order valence-corrected chi connectivity index (χ1v) is 8.50. The van der Waals surface area contributed by atoms with Crippen molar-refractivity contribution in [2.45, 2.75) is 12.8 Å². The molecular formula is C17H17N3O3S. The van der Waals surface area contributed by atoms with E-state index >= 15 is 0 Å². The molecule has 0 spiro atoms. The van der Waals surface area contributed by atoms with Crippen molar-refractivity contribution in [2.24, 2.45) is 0 Å². The third-order valence-corrected chi connectivity index (χ3v) is 4.08. The van der Waals surface area contributed by atoms with Gasteiger partial charge in [0.05, 0.1) is 17.9 Å². The molecule has 2 heterocycles. The lowest BCUT2D eigenvalue weighted by Gasteiger charge is -2.06. The molecule has 1 aromatic carbocycles. The molecule has 2 aromatic heterocycles. The molecule has 6 nitrogen and oxygen atoms in total. The van der Waals surface area contributed by atoms with Gasteiger partial charge in [-0.05, 0) is 23.6 Å². The first-order chi connectivity index (χ1) is 11.8. The monoisotopic (exact) mass is 343 g/mol. The van der Waals surface area contributed by atoms with Crippen molar-refractivity contribution in [3.8, 4) is 16.5 Å². The van der Waals surface area contributed by atoms with Gasteiger partial charge in [-0.25, -0.2) is 0 Å². The fourth-order valence-corrected chi connectivity index (χ4v) is 2.69. The summed E-state index contributed by atoms with van der Waals surface area (Å²) in [6.07, 6.45) is 0.808. The number of amides is 1. The molecule has 24 heavy (non-hydrogen) atoms. The van der Waals surface area contributed by atoms with Crippen LogP contribution >= 0.6 is 11.3 Å². The number of hydrogen-bond donors (Lipinski definition) is 1. The van der Waals surface area contributed by atoms with Crippen molar-refractivity contribution >= 4 is 17.2 Å². The van der Waals surface area contributed by atoms with Crippen LogP contribution in [-0.2, 0) is 11.2 Å². The van der Waals surface area contributed by atoms with Crippen LogP contribution in [0.15, 0.2) is 52.4 Å². The summed E-state index contributed by atoms with van der Waals surface area (Å²) in [7, 11) is 0. The Morgan fingerprint density at radius 1 is 1.21 bits per heavy atom. The van der Waals surface area contributed by atoms with Crippen molar-refractivity contribution in [3.05, 3.63) is 53.7 Å². The van der Waals surface area contributed by atoms with E-state index in [-0.39, 0.29) is 5.91 Å². The Hall–Kier alpha value is -2.67. The van der Waals surface area contributed by atoms with Gasteiger partial charge in [-0.3, -0.25) is 4.79 Å². The van der Waals surface area contributed by atoms with Crippen LogP contribution in [0.1, 0.15) is 12.3 Å². The summed E-state index contributed by atoms with van der Waals surface area (Å²) >= 11 is 1.56. The summed E-state index contributed by atoms with van der Waals surface area (Å²) in [6, 6.07) is 13.3. The van der Waals surface area contributed by atoms with Crippen molar-refractivity contribution in [3.63, 3.8) is 0 Å². The second-order valence-electron chi connectivity index (χ2n) is 5.00. The molecule has 0 radical (unpaired) electrons. The number of nitrogens with one attached hydrogen (secondary N) is 1. The molecular weight excluding hydrogens is 326 g/mol. The number of carbonyl (C=O) groups excluding carboxylic acids is 1. The Morgan fingerprint density at radius 3 is 2.88 bits per heavy atom. The van der Waals surface area contributed by atoms with E-state index in [0.717, 1.165) is 10.6 Å². The highest BCUT2D eigenvalue weighted by atomic mass is 32.1. The second kappa shape index (κ2) is 8.26. The highest BCUT2D eigenvalue weighted by Crippen LogP contribution is 2.21. The van der Waals surface area contributed by atoms with Gasteiger partial charge in [0, 0.05) is 13.0 Å². The van der Waals surface area contributed by atoms with Gasteiger partial charge in [-0.2, -0.15) is 4.98 Å². The molecule has 0 aliphatic carbocycles. The predicted molar refractivity (Wildman–Crippen MR) is 90.9 cm³/mol. The van der Waals surface area contributed by atoms with Gasteiger partial charge in [-0.15, -0.1) is 11.3 Å². The Bertz CT molecular complexity index is 757. The Morgan fingerprint density at radius 2 is 2.08 bits per heavy atom. The quantitative estimate of drug-likeness (QED) is 0.680. The maximum Gasteiger partial charge on any atom is 0.228 e. The average Bonchev–Trinajstić information content (AvgIpc) is 3.27. The van der Waals surface area contributed by atoms with Crippen molar-refractivity contribution in [1.29, 1.82) is 0 Å². The third-order valence-electron chi connectivity index (χ3n) is 3.21. The zero-order valence-electron chi connectivity index (χ0n) is 13.0. The van der Waals surface area contributed by atoms with E-state index in [1.807, 2.05) is 47.8 Å². The minimum absolute atomic E-state index is 0.0658. The van der Waals surface area contributed by atoms with Crippen molar-refractivity contribution in [1.82, 2.24) is 15.5 Å². The first kappa shape index (κ1) is 16.2. The summed E-state index contributed by atoms with van der Waals surface area (Å²) in [5.74, 6) is 1.79. The van der Waals surface area contributed by atoms with Gasteiger partial charge in [0.25, 0.3) is 0 Å². The smallest absolute Gasteiger partial charge is 0.228 e. The van der Waals surface area contributed by atoms with E-state index in [0.29, 0.717) is 37.7 Å². The molecule has 1 amide bonds. The lowest BCUT2D eigenvalue weighted by Crippen LogP contribution is -2.27. The molecule has 124 valence electrons. The number of hydrogen-bond acceptors (Lipinski definition) is 6. The summed E-state index contributed by atoms with van der Waals surface area (Å²) < 4.78 is 10.7. The SMILES string of the molecule is O=C(CCOc1ccccc1)NCCc1nc(-c2cccs2)no1. The molecule has 0 aliphatic heterocycles. The zero-order valence-corrected chi connectivity index (χ0v) is 13.8. The summed E-state index contributed by atoms with van der Waals surface area (Å²) in [4.78, 5) is 17.0. The number of nitrogens with zero attached hydrogens (tertiary/aromatic N) is 2. The van der Waals surface area contributed by atoms with Crippen molar-refractivity contribution in [2.75, 3.05) is 13.2 Å². The van der Waals surface area contributed by atoms with E-state index in [1.54, 1.807) is 11.3 Å². The first-order valence-electron chi connectivity index (χ1n) is 7.62. The van der Waals surface area contributed by atoms with E-state index in [4.69, 9.17) is 9.26 Å². The molecule has 3 rings (SSSR count). The maximum atomic E-state index is 11.8. The van der Waals surface area contributed by atoms with Gasteiger partial charge in [0.15, 0.2) is 0 Å². The fraction of sp³-hybridized carbons (Fsp3) is 0.235. The number of carbonyl (C=O) groups is 1. The van der Waals surface area contributed by atoms with Crippen LogP contribution in [0.3, 0.4) is 0 Å². The minimum Gasteiger partial charge on any atom is -0.493 e. The third kappa shape index (κ3) is 4.66. The summed E-state index contributed by atoms with van der Waals surface area (Å²) in [6.45, 7) is 0.801. The van der Waals surface area contributed by atoms with Crippen LogP contribution < -0.4 is 10.1 Å². The summed E-state index contributed by atoms with van der Waals surface area (Å²) in [5.41, 5.74) is 0. The largest absolute Gasteiger partial charge is 0.493 e. The molecule has 0 atom stereocenters. The Balaban J connectivity index is 1.35. The Kier molecular flexibility index (Phi) is 5.57. The van der Waals surface area contributed by atoms with E-state index in [9.17, 15) is 4.79 Å². The standard InChI is InChI=1S/C17H17N3O3S/c21-15(9-11-22-13-5-2-1-3-6-13)18-10-8-16-19-17(20-23-16)14-7-4-12-24-14/h1-7,12H,8-11H2,(H,18,21). The predicted octanol–water partition coefficient (Wildman–Crippen LogP) is 2.93. The molecule has 7 heteroatoms. The summed E-state index contributed by atoms with van der Waals surface area (Å²) in [5, 5.41) is 8.71. The van der Waals surface area contributed by atoms with E-state index < -0.39 is 0 Å². The molecule has 0 bridgehead atoms. The fourth-order valence-electron chi connectivity index (χ4n) is 2.04. The van der Waals surface area contributed by atoms with Crippen LogP contribution in [0.25, 0.3) is 10.7 Å². The van der Waals surface area contributed by atoms with Crippen LogP contribution in [0.4, 0.5) is 0 Å². The van der Waals surface area contributed by atoms with Gasteiger partial charge in [0.1, 0.15) is 5.75 Å². The van der Waals surface area contributed by atoms with Crippen LogP contribution in [0, 0.1) is 0 Å². The zero-order chi connectivity index (χ0) is 16.6. The van der Waals surface area contributed by atoms with E-state index in [1.165, 1.54) is 0 Å². The highest BCUT2D eigenvalue weighted by Gasteiger charge is 2.09. The number of thiophene rings is 1. The van der Waals surface area contributed by atoms with Crippen molar-refractivity contribution < 1.29 is 14.1 Å². The number of benzene rings is 1. The van der Waals surface area contributed by atoms with Gasteiger partial charge in [0.2, 0.25) is 17.6 Å². The topological polar surface area (TPSA) is 77.2 Å². The number of para-hydroxylation sites is 1. The normalized spacial score (nSPS) is 10.5. The number of aromatic nitrogens is 2. The molecule has 3 aromatic rings. The molecule has 0 fully saturated rings. The molecule has 0 aliphatic rings.